The summed E-state index contributed by atoms with van der Waals surface area (Å²) in [6.45, 7) is 9.67. The molecule has 3 rings (SSSR count). The van der Waals surface area contributed by atoms with Gasteiger partial charge in [0.1, 0.15) is 5.82 Å². The summed E-state index contributed by atoms with van der Waals surface area (Å²) >= 11 is 0. The first-order chi connectivity index (χ1) is 12.6. The molecule has 2 aromatic carbocycles. The van der Waals surface area contributed by atoms with E-state index in [-0.39, 0.29) is 5.82 Å². The van der Waals surface area contributed by atoms with E-state index in [1.807, 2.05) is 39.8 Å². The molecule has 1 aliphatic rings. The second kappa shape index (κ2) is 6.98. The molecule has 0 spiro atoms. The van der Waals surface area contributed by atoms with Gasteiger partial charge in [-0.05, 0) is 69.9 Å². The Morgan fingerprint density at radius 3 is 2.00 bits per heavy atom. The second-order valence-corrected chi connectivity index (χ2v) is 7.75. The molecule has 1 aliphatic heterocycles. The molecule has 0 aliphatic carbocycles. The number of hydrogen-bond donors (Lipinski definition) is 2. The van der Waals surface area contributed by atoms with Crippen LogP contribution in [0.3, 0.4) is 0 Å². The molecule has 1 heterocycles. The monoisotopic (exact) mass is 370 g/mol. The molecule has 2 amide bonds. The summed E-state index contributed by atoms with van der Waals surface area (Å²) in [6, 6.07) is 11.4. The highest BCUT2D eigenvalue weighted by atomic mass is 19.1. The average molecular weight is 370 g/mol. The van der Waals surface area contributed by atoms with Crippen molar-refractivity contribution < 1.29 is 18.5 Å². The van der Waals surface area contributed by atoms with E-state index >= 15 is 0 Å². The maximum absolute atomic E-state index is 13.6. The van der Waals surface area contributed by atoms with Crippen LogP contribution in [0.4, 0.5) is 20.6 Å². The first kappa shape index (κ1) is 19.4. The highest BCUT2D eigenvalue weighted by Gasteiger charge is 2.51. The van der Waals surface area contributed by atoms with Crippen LogP contribution in [-0.4, -0.2) is 24.4 Å². The van der Waals surface area contributed by atoms with Gasteiger partial charge in [0.25, 0.3) is 0 Å². The quantitative estimate of drug-likeness (QED) is 0.801. The molecule has 5 nitrogen and oxygen atoms in total. The third-order valence-electron chi connectivity index (χ3n) is 5.12. The number of amides is 2. The third-order valence-corrected chi connectivity index (χ3v) is 5.12. The Labute approximate surface area is 159 Å². The lowest BCUT2D eigenvalue weighted by Gasteiger charge is -2.32. The molecule has 142 valence electrons. The molecule has 0 aromatic heterocycles. The van der Waals surface area contributed by atoms with Crippen molar-refractivity contribution in [1.29, 1.82) is 0 Å². The van der Waals surface area contributed by atoms with Crippen LogP contribution < -0.4 is 16.1 Å². The van der Waals surface area contributed by atoms with E-state index in [0.29, 0.717) is 16.9 Å². The average Bonchev–Trinajstić information content (AvgIpc) is 2.79. The lowest BCUT2D eigenvalue weighted by molar-refractivity contribution is 0.00578. The Kier molecular flexibility index (Phi) is 5.01. The first-order valence-corrected chi connectivity index (χ1v) is 8.87. The number of benzene rings is 2. The number of nitrogens with one attached hydrogen (secondary N) is 2. The number of halogens is 1. The van der Waals surface area contributed by atoms with Gasteiger partial charge in [0.2, 0.25) is 0 Å². The van der Waals surface area contributed by atoms with E-state index in [2.05, 4.69) is 10.6 Å². The minimum absolute atomic E-state index is 0.362. The van der Waals surface area contributed by atoms with Crippen molar-refractivity contribution >= 4 is 30.0 Å². The molecule has 0 bridgehead atoms. The largest absolute Gasteiger partial charge is 0.494 e. The number of aryl methyl sites for hydroxylation is 1. The molecule has 2 aromatic rings. The first-order valence-electron chi connectivity index (χ1n) is 8.87. The van der Waals surface area contributed by atoms with Gasteiger partial charge in [-0.3, -0.25) is 0 Å². The van der Waals surface area contributed by atoms with Gasteiger partial charge in [-0.2, -0.15) is 0 Å². The van der Waals surface area contributed by atoms with E-state index in [1.54, 1.807) is 31.2 Å². The van der Waals surface area contributed by atoms with Crippen molar-refractivity contribution in [3.05, 3.63) is 53.8 Å². The summed E-state index contributed by atoms with van der Waals surface area (Å²) in [5, 5.41) is 5.33. The van der Waals surface area contributed by atoms with E-state index in [1.165, 1.54) is 6.07 Å². The van der Waals surface area contributed by atoms with Gasteiger partial charge < -0.3 is 19.9 Å². The van der Waals surface area contributed by atoms with Crippen molar-refractivity contribution in [3.63, 3.8) is 0 Å². The second-order valence-electron chi connectivity index (χ2n) is 7.75. The standard InChI is InChI=1S/C20H24BFN2O3/c1-13-6-9-16(12-17(13)22)24-18(25)23-15-10-7-14(8-11-15)21-26-19(2,3)20(4,5)27-21/h6-12H,1-5H3,(H2,23,24,25). The number of carbonyl (C=O) groups is 1. The van der Waals surface area contributed by atoms with Crippen LogP contribution >= 0.6 is 0 Å². The van der Waals surface area contributed by atoms with Crippen LogP contribution in [0, 0.1) is 12.7 Å². The highest BCUT2D eigenvalue weighted by Crippen LogP contribution is 2.36. The predicted octanol–water partition coefficient (Wildman–Crippen LogP) is 4.08. The van der Waals surface area contributed by atoms with Crippen LogP contribution in [0.5, 0.6) is 0 Å². The van der Waals surface area contributed by atoms with Crippen LogP contribution in [-0.2, 0) is 9.31 Å². The molecule has 27 heavy (non-hydrogen) atoms. The number of hydrogen-bond acceptors (Lipinski definition) is 3. The fourth-order valence-electron chi connectivity index (χ4n) is 2.67. The Morgan fingerprint density at radius 2 is 1.44 bits per heavy atom. The predicted molar refractivity (Wildman–Crippen MR) is 106 cm³/mol. The van der Waals surface area contributed by atoms with Crippen molar-refractivity contribution in [2.75, 3.05) is 10.6 Å². The normalized spacial score (nSPS) is 17.6. The van der Waals surface area contributed by atoms with Gasteiger partial charge in [-0.1, -0.05) is 18.2 Å². The Morgan fingerprint density at radius 1 is 0.926 bits per heavy atom. The van der Waals surface area contributed by atoms with Crippen LogP contribution in [0.25, 0.3) is 0 Å². The van der Waals surface area contributed by atoms with Gasteiger partial charge in [0.05, 0.1) is 11.2 Å². The fraction of sp³-hybridized carbons (Fsp3) is 0.350. The molecule has 2 N–H and O–H groups in total. The van der Waals surface area contributed by atoms with Crippen LogP contribution in [0.15, 0.2) is 42.5 Å². The molecule has 7 heteroatoms. The van der Waals surface area contributed by atoms with Crippen molar-refractivity contribution in [1.82, 2.24) is 0 Å². The highest BCUT2D eigenvalue weighted by molar-refractivity contribution is 6.62. The molecule has 0 atom stereocenters. The van der Waals surface area contributed by atoms with Crippen LogP contribution in [0.1, 0.15) is 33.3 Å². The molecular formula is C20H24BFN2O3. The number of rotatable bonds is 3. The Balaban J connectivity index is 1.62. The number of urea groups is 1. The lowest BCUT2D eigenvalue weighted by atomic mass is 9.79. The zero-order chi connectivity index (χ0) is 19.8. The van der Waals surface area contributed by atoms with Gasteiger partial charge in [-0.15, -0.1) is 0 Å². The van der Waals surface area contributed by atoms with Crippen molar-refractivity contribution in [2.24, 2.45) is 0 Å². The summed E-state index contributed by atoms with van der Waals surface area (Å²) in [7, 11) is -0.451. The third kappa shape index (κ3) is 4.15. The summed E-state index contributed by atoms with van der Waals surface area (Å²) < 4.78 is 25.6. The van der Waals surface area contributed by atoms with Gasteiger partial charge in [0, 0.05) is 11.4 Å². The van der Waals surface area contributed by atoms with Gasteiger partial charge in [0.15, 0.2) is 0 Å². The number of anilines is 2. The van der Waals surface area contributed by atoms with E-state index < -0.39 is 24.4 Å². The smallest absolute Gasteiger partial charge is 0.399 e. The zero-order valence-corrected chi connectivity index (χ0v) is 16.2. The number of carbonyl (C=O) groups excluding carboxylic acids is 1. The Hall–Kier alpha value is -2.38. The topological polar surface area (TPSA) is 59.6 Å². The molecule has 1 saturated heterocycles. The van der Waals surface area contributed by atoms with Crippen LogP contribution in [0.2, 0.25) is 0 Å². The van der Waals surface area contributed by atoms with Crippen molar-refractivity contribution in [3.8, 4) is 0 Å². The molecule has 0 saturated carbocycles. The summed E-state index contributed by atoms with van der Waals surface area (Å²) in [6.07, 6.45) is 0. The minimum Gasteiger partial charge on any atom is -0.399 e. The van der Waals surface area contributed by atoms with E-state index in [9.17, 15) is 9.18 Å². The summed E-state index contributed by atoms with van der Waals surface area (Å²) in [4.78, 5) is 12.1. The lowest BCUT2D eigenvalue weighted by Crippen LogP contribution is -2.41. The van der Waals surface area contributed by atoms with E-state index in [0.717, 1.165) is 5.46 Å². The molecule has 0 radical (unpaired) electrons. The maximum Gasteiger partial charge on any atom is 0.494 e. The van der Waals surface area contributed by atoms with Crippen molar-refractivity contribution in [2.45, 2.75) is 45.8 Å². The van der Waals surface area contributed by atoms with Gasteiger partial charge in [-0.25, -0.2) is 9.18 Å². The Bertz CT molecular complexity index is 837. The fourth-order valence-corrected chi connectivity index (χ4v) is 2.67. The molecule has 0 unspecified atom stereocenters. The SMILES string of the molecule is Cc1ccc(NC(=O)Nc2ccc(B3OC(C)(C)C(C)(C)O3)cc2)cc1F. The van der Waals surface area contributed by atoms with Gasteiger partial charge >= 0.3 is 13.1 Å². The summed E-state index contributed by atoms with van der Waals surface area (Å²) in [5.74, 6) is -0.362. The minimum atomic E-state index is -0.451. The van der Waals surface area contributed by atoms with E-state index in [4.69, 9.17) is 9.31 Å². The molecular weight excluding hydrogens is 346 g/mol. The maximum atomic E-state index is 13.6. The zero-order valence-electron chi connectivity index (χ0n) is 16.2. The molecule has 1 fully saturated rings. The summed E-state index contributed by atoms with van der Waals surface area (Å²) in [5.41, 5.74) is 1.60.